The molecule has 0 N–H and O–H groups in total. The van der Waals surface area contributed by atoms with E-state index in [1.54, 1.807) is 17.1 Å². The van der Waals surface area contributed by atoms with E-state index in [1.807, 2.05) is 23.1 Å². The minimum Gasteiger partial charge on any atom is -0.477 e. The zero-order valence-electron chi connectivity index (χ0n) is 15.3. The molecule has 144 valence electrons. The van der Waals surface area contributed by atoms with Crippen LogP contribution in [0.5, 0.6) is 5.88 Å². The van der Waals surface area contributed by atoms with Crippen molar-refractivity contribution in [3.8, 4) is 5.88 Å². The van der Waals surface area contributed by atoms with Crippen LogP contribution in [0.3, 0.4) is 0 Å². The third kappa shape index (κ3) is 3.09. The van der Waals surface area contributed by atoms with E-state index in [4.69, 9.17) is 21.3 Å². The molecule has 0 bridgehead atoms. The maximum Gasteiger partial charge on any atom is 0.260 e. The minimum atomic E-state index is 0.00405. The highest BCUT2D eigenvalue weighted by Gasteiger charge is 2.29. The topological polar surface area (TPSA) is 73.1 Å². The predicted molar refractivity (Wildman–Crippen MR) is 105 cm³/mol. The first-order valence-electron chi connectivity index (χ1n) is 9.59. The number of piperidine rings is 1. The number of amides is 1. The van der Waals surface area contributed by atoms with Crippen LogP contribution >= 0.6 is 11.6 Å². The number of carbonyl (C=O) groups excluding carboxylic acids is 1. The summed E-state index contributed by atoms with van der Waals surface area (Å²) < 4.78 is 7.45. The molecule has 8 heteroatoms. The molecule has 5 heterocycles. The molecule has 0 saturated carbocycles. The lowest BCUT2D eigenvalue weighted by atomic mass is 9.92. The van der Waals surface area contributed by atoms with E-state index >= 15 is 0 Å². The van der Waals surface area contributed by atoms with Gasteiger partial charge in [-0.2, -0.15) is 5.10 Å². The Morgan fingerprint density at radius 2 is 2.04 bits per heavy atom. The number of hydrogen-bond donors (Lipinski definition) is 0. The van der Waals surface area contributed by atoms with Gasteiger partial charge in [0.15, 0.2) is 5.65 Å². The molecule has 2 aliphatic rings. The van der Waals surface area contributed by atoms with Gasteiger partial charge in [-0.05, 0) is 31.0 Å². The molecule has 1 amide bonds. The summed E-state index contributed by atoms with van der Waals surface area (Å²) in [5.74, 6) is 0.937. The monoisotopic (exact) mass is 397 g/mol. The van der Waals surface area contributed by atoms with Crippen molar-refractivity contribution in [1.82, 2.24) is 24.6 Å². The highest BCUT2D eigenvalue weighted by molar-refractivity contribution is 6.31. The molecule has 3 aromatic heterocycles. The van der Waals surface area contributed by atoms with Crippen LogP contribution < -0.4 is 4.74 Å². The Hall–Kier alpha value is -2.67. The Bertz CT molecular complexity index is 1040. The molecule has 0 spiro atoms. The largest absolute Gasteiger partial charge is 0.477 e. The lowest BCUT2D eigenvalue weighted by Gasteiger charge is -2.31. The summed E-state index contributed by atoms with van der Waals surface area (Å²) in [5, 5.41) is 5.84. The Morgan fingerprint density at radius 3 is 2.89 bits per heavy atom. The Morgan fingerprint density at radius 1 is 1.18 bits per heavy atom. The lowest BCUT2D eigenvalue weighted by molar-refractivity contribution is 0.0705. The summed E-state index contributed by atoms with van der Waals surface area (Å²) in [6.45, 7) is 2.84. The van der Waals surface area contributed by atoms with Gasteiger partial charge in [0.05, 0.1) is 17.8 Å². The Balaban J connectivity index is 1.29. The number of ether oxygens (including phenoxy) is 1. The second-order valence-corrected chi connectivity index (χ2v) is 7.73. The van der Waals surface area contributed by atoms with Crippen LogP contribution in [0, 0.1) is 0 Å². The van der Waals surface area contributed by atoms with Gasteiger partial charge in [0, 0.05) is 49.2 Å². The summed E-state index contributed by atoms with van der Waals surface area (Å²) in [5.41, 5.74) is 2.31. The van der Waals surface area contributed by atoms with Gasteiger partial charge < -0.3 is 9.64 Å². The zero-order chi connectivity index (χ0) is 19.1. The molecule has 0 atom stereocenters. The van der Waals surface area contributed by atoms with E-state index in [9.17, 15) is 4.79 Å². The Kier molecular flexibility index (Phi) is 4.39. The number of halogens is 1. The van der Waals surface area contributed by atoms with Crippen LogP contribution in [0.4, 0.5) is 0 Å². The molecular weight excluding hydrogens is 378 g/mol. The smallest absolute Gasteiger partial charge is 0.260 e. The molecule has 0 radical (unpaired) electrons. The number of hydrogen-bond acceptors (Lipinski definition) is 5. The van der Waals surface area contributed by atoms with Crippen LogP contribution in [0.1, 0.15) is 41.2 Å². The van der Waals surface area contributed by atoms with Gasteiger partial charge in [0.25, 0.3) is 5.91 Å². The van der Waals surface area contributed by atoms with Crippen molar-refractivity contribution in [2.24, 2.45) is 0 Å². The first-order valence-corrected chi connectivity index (χ1v) is 9.97. The normalized spacial score (nSPS) is 17.4. The van der Waals surface area contributed by atoms with Gasteiger partial charge in [-0.15, -0.1) is 0 Å². The summed E-state index contributed by atoms with van der Waals surface area (Å²) >= 11 is 6.00. The average molecular weight is 398 g/mol. The van der Waals surface area contributed by atoms with Gasteiger partial charge in [0.1, 0.15) is 5.56 Å². The van der Waals surface area contributed by atoms with Crippen LogP contribution in [0.2, 0.25) is 5.02 Å². The predicted octanol–water partition coefficient (Wildman–Crippen LogP) is 3.28. The molecule has 0 unspecified atom stereocenters. The fraction of sp³-hybridized carbons (Fsp3) is 0.400. The fourth-order valence-corrected chi connectivity index (χ4v) is 4.16. The second kappa shape index (κ2) is 7.05. The zero-order valence-corrected chi connectivity index (χ0v) is 16.1. The summed E-state index contributed by atoms with van der Waals surface area (Å²) in [7, 11) is 0. The highest BCUT2D eigenvalue weighted by atomic mass is 35.5. The number of rotatable bonds is 2. The molecule has 0 aliphatic carbocycles. The molecule has 1 fully saturated rings. The second-order valence-electron chi connectivity index (χ2n) is 7.29. The van der Waals surface area contributed by atoms with Crippen molar-refractivity contribution in [3.63, 3.8) is 0 Å². The molecule has 3 aromatic rings. The molecular formula is C20H20ClN5O2. The SMILES string of the molecule is O=C(c1cnn2c1OCCC2)N1CCC(c2ccc3cc(Cl)cnc3n2)CC1. The van der Waals surface area contributed by atoms with E-state index in [0.29, 0.717) is 47.7 Å². The minimum absolute atomic E-state index is 0.00405. The maximum absolute atomic E-state index is 12.9. The molecule has 2 aliphatic heterocycles. The van der Waals surface area contributed by atoms with Crippen LogP contribution in [0.15, 0.2) is 30.6 Å². The molecule has 0 aromatic carbocycles. The first kappa shape index (κ1) is 17.4. The first-order chi connectivity index (χ1) is 13.7. The third-order valence-electron chi connectivity index (χ3n) is 5.51. The number of aryl methyl sites for hydroxylation is 1. The number of nitrogens with zero attached hydrogens (tertiary/aromatic N) is 5. The Labute approximate surface area is 167 Å². The number of aromatic nitrogens is 4. The number of fused-ring (bicyclic) bond motifs is 2. The van der Waals surface area contributed by atoms with E-state index in [-0.39, 0.29) is 5.91 Å². The van der Waals surface area contributed by atoms with Gasteiger partial charge in [0.2, 0.25) is 5.88 Å². The van der Waals surface area contributed by atoms with Gasteiger partial charge in [-0.3, -0.25) is 4.79 Å². The van der Waals surface area contributed by atoms with Crippen LogP contribution in [-0.2, 0) is 6.54 Å². The van der Waals surface area contributed by atoms with Gasteiger partial charge >= 0.3 is 0 Å². The van der Waals surface area contributed by atoms with E-state index in [0.717, 1.165) is 36.9 Å². The van der Waals surface area contributed by atoms with Crippen LogP contribution in [-0.4, -0.2) is 50.3 Å². The van der Waals surface area contributed by atoms with Crippen molar-refractivity contribution >= 4 is 28.5 Å². The number of pyridine rings is 2. The summed E-state index contributed by atoms with van der Waals surface area (Å²) in [6, 6.07) is 5.94. The van der Waals surface area contributed by atoms with Crippen LogP contribution in [0.25, 0.3) is 11.0 Å². The summed E-state index contributed by atoms with van der Waals surface area (Å²) in [6.07, 6.45) is 5.94. The highest BCUT2D eigenvalue weighted by Crippen LogP contribution is 2.30. The molecule has 28 heavy (non-hydrogen) atoms. The van der Waals surface area contributed by atoms with Crippen molar-refractivity contribution in [2.75, 3.05) is 19.7 Å². The average Bonchev–Trinajstić information content (AvgIpc) is 3.17. The standard InChI is InChI=1S/C20H20ClN5O2/c21-15-10-14-2-3-17(24-18(14)22-11-15)13-4-7-25(8-5-13)19(27)16-12-23-26-6-1-9-28-20(16)26/h2-3,10-13H,1,4-9H2. The number of likely N-dealkylation sites (tertiary alicyclic amines) is 1. The molecule has 7 nitrogen and oxygen atoms in total. The lowest BCUT2D eigenvalue weighted by Crippen LogP contribution is -2.38. The van der Waals surface area contributed by atoms with Crippen molar-refractivity contribution in [3.05, 3.63) is 46.9 Å². The van der Waals surface area contributed by atoms with Gasteiger partial charge in [-0.25, -0.2) is 14.6 Å². The quantitative estimate of drug-likeness (QED) is 0.663. The van der Waals surface area contributed by atoms with E-state index in [1.165, 1.54) is 0 Å². The van der Waals surface area contributed by atoms with Crippen molar-refractivity contribution < 1.29 is 9.53 Å². The molecule has 5 rings (SSSR count). The molecule has 1 saturated heterocycles. The third-order valence-corrected chi connectivity index (χ3v) is 5.71. The van der Waals surface area contributed by atoms with Gasteiger partial charge in [-0.1, -0.05) is 11.6 Å². The maximum atomic E-state index is 12.9. The van der Waals surface area contributed by atoms with Crippen molar-refractivity contribution in [1.29, 1.82) is 0 Å². The summed E-state index contributed by atoms with van der Waals surface area (Å²) in [4.78, 5) is 23.9. The number of carbonyl (C=O) groups is 1. The van der Waals surface area contributed by atoms with Crippen molar-refractivity contribution in [2.45, 2.75) is 31.7 Å². The van der Waals surface area contributed by atoms with E-state index in [2.05, 4.69) is 10.1 Å². The fourth-order valence-electron chi connectivity index (χ4n) is 3.99. The van der Waals surface area contributed by atoms with E-state index < -0.39 is 0 Å².